The highest BCUT2D eigenvalue weighted by molar-refractivity contribution is 5.53. The van der Waals surface area contributed by atoms with Crippen molar-refractivity contribution in [2.75, 3.05) is 6.61 Å². The first-order valence-electron chi connectivity index (χ1n) is 6.43. The Morgan fingerprint density at radius 3 is 2.79 bits per heavy atom. The summed E-state index contributed by atoms with van der Waals surface area (Å²) >= 11 is 0. The number of nitrogens with zero attached hydrogens (tertiary/aromatic N) is 1. The molecule has 0 bridgehead atoms. The SMILES string of the molecule is Cc1ccc(Oc2cccc3c2C(C)(C)CO3)cn1. The van der Waals surface area contributed by atoms with Crippen molar-refractivity contribution < 1.29 is 9.47 Å². The van der Waals surface area contributed by atoms with Crippen molar-refractivity contribution >= 4 is 0 Å². The highest BCUT2D eigenvalue weighted by Crippen LogP contribution is 2.45. The minimum Gasteiger partial charge on any atom is -0.492 e. The maximum atomic E-state index is 5.97. The maximum Gasteiger partial charge on any atom is 0.145 e. The number of fused-ring (bicyclic) bond motifs is 1. The summed E-state index contributed by atoms with van der Waals surface area (Å²) in [5, 5.41) is 0. The van der Waals surface area contributed by atoms with Crippen LogP contribution in [-0.2, 0) is 5.41 Å². The van der Waals surface area contributed by atoms with E-state index < -0.39 is 0 Å². The van der Waals surface area contributed by atoms with Crippen molar-refractivity contribution in [2.24, 2.45) is 0 Å². The first-order chi connectivity index (χ1) is 9.06. The van der Waals surface area contributed by atoms with Crippen molar-refractivity contribution in [1.29, 1.82) is 0 Å². The molecule has 1 aliphatic heterocycles. The molecule has 0 saturated carbocycles. The van der Waals surface area contributed by atoms with Gasteiger partial charge in [0.2, 0.25) is 0 Å². The molecule has 3 rings (SSSR count). The fourth-order valence-corrected chi connectivity index (χ4v) is 2.36. The third kappa shape index (κ3) is 2.16. The molecule has 0 atom stereocenters. The third-order valence-corrected chi connectivity index (χ3v) is 3.37. The molecule has 0 N–H and O–H groups in total. The van der Waals surface area contributed by atoms with Crippen LogP contribution in [-0.4, -0.2) is 11.6 Å². The van der Waals surface area contributed by atoms with Crippen molar-refractivity contribution in [2.45, 2.75) is 26.2 Å². The molecule has 0 saturated heterocycles. The zero-order chi connectivity index (χ0) is 13.5. The van der Waals surface area contributed by atoms with Gasteiger partial charge in [0.05, 0.1) is 12.8 Å². The van der Waals surface area contributed by atoms with Gasteiger partial charge in [-0.1, -0.05) is 19.9 Å². The zero-order valence-electron chi connectivity index (χ0n) is 11.4. The van der Waals surface area contributed by atoms with E-state index >= 15 is 0 Å². The van der Waals surface area contributed by atoms with E-state index in [4.69, 9.17) is 9.47 Å². The summed E-state index contributed by atoms with van der Waals surface area (Å²) in [5.41, 5.74) is 2.09. The summed E-state index contributed by atoms with van der Waals surface area (Å²) in [6, 6.07) is 9.81. The average Bonchev–Trinajstić information content (AvgIpc) is 2.70. The van der Waals surface area contributed by atoms with Crippen LogP contribution >= 0.6 is 0 Å². The molecule has 0 unspecified atom stereocenters. The van der Waals surface area contributed by atoms with E-state index in [9.17, 15) is 0 Å². The molecule has 0 fully saturated rings. The Morgan fingerprint density at radius 1 is 1.21 bits per heavy atom. The second-order valence-electron chi connectivity index (χ2n) is 5.54. The van der Waals surface area contributed by atoms with E-state index in [1.165, 1.54) is 0 Å². The van der Waals surface area contributed by atoms with Crippen LogP contribution in [0.3, 0.4) is 0 Å². The molecule has 1 aromatic carbocycles. The number of ether oxygens (including phenoxy) is 2. The Morgan fingerprint density at radius 2 is 2.05 bits per heavy atom. The highest BCUT2D eigenvalue weighted by atomic mass is 16.5. The lowest BCUT2D eigenvalue weighted by molar-refractivity contribution is 0.290. The first kappa shape index (κ1) is 12.0. The van der Waals surface area contributed by atoms with E-state index in [1.807, 2.05) is 37.3 Å². The van der Waals surface area contributed by atoms with Crippen LogP contribution < -0.4 is 9.47 Å². The Kier molecular flexibility index (Phi) is 2.70. The second kappa shape index (κ2) is 4.26. The third-order valence-electron chi connectivity index (χ3n) is 3.37. The van der Waals surface area contributed by atoms with Gasteiger partial charge in [-0.3, -0.25) is 4.98 Å². The first-order valence-corrected chi connectivity index (χ1v) is 6.43. The Labute approximate surface area is 113 Å². The molecule has 98 valence electrons. The number of benzene rings is 1. The summed E-state index contributed by atoms with van der Waals surface area (Å²) in [7, 11) is 0. The van der Waals surface area contributed by atoms with Crippen molar-refractivity contribution in [3.8, 4) is 17.2 Å². The smallest absolute Gasteiger partial charge is 0.145 e. The zero-order valence-corrected chi connectivity index (χ0v) is 11.4. The topological polar surface area (TPSA) is 31.4 Å². The molecule has 0 spiro atoms. The highest BCUT2D eigenvalue weighted by Gasteiger charge is 2.35. The van der Waals surface area contributed by atoms with Gasteiger partial charge >= 0.3 is 0 Å². The molecule has 19 heavy (non-hydrogen) atoms. The molecule has 2 heterocycles. The molecule has 3 nitrogen and oxygen atoms in total. The van der Waals surface area contributed by atoms with Gasteiger partial charge in [-0.2, -0.15) is 0 Å². The standard InChI is InChI=1S/C16H17NO2/c1-11-7-8-12(9-17-11)19-14-6-4-5-13-15(14)16(2,3)10-18-13/h4-9H,10H2,1-3H3. The van der Waals surface area contributed by atoms with Crippen LogP contribution in [0.1, 0.15) is 25.1 Å². The molecule has 1 aliphatic rings. The molecule has 0 radical (unpaired) electrons. The number of aryl methyl sites for hydroxylation is 1. The number of rotatable bonds is 2. The van der Waals surface area contributed by atoms with Gasteiger partial charge in [-0.25, -0.2) is 0 Å². The van der Waals surface area contributed by atoms with E-state index in [0.29, 0.717) is 6.61 Å². The Balaban J connectivity index is 1.99. The monoisotopic (exact) mass is 255 g/mol. The van der Waals surface area contributed by atoms with E-state index in [-0.39, 0.29) is 5.41 Å². The van der Waals surface area contributed by atoms with Gasteiger partial charge < -0.3 is 9.47 Å². The molecule has 1 aromatic heterocycles. The summed E-state index contributed by atoms with van der Waals surface area (Å²) in [6.07, 6.45) is 1.75. The lowest BCUT2D eigenvalue weighted by Gasteiger charge is -2.18. The molecule has 0 aliphatic carbocycles. The number of aromatic nitrogens is 1. The van der Waals surface area contributed by atoms with Crippen LogP contribution in [0.25, 0.3) is 0 Å². The number of hydrogen-bond acceptors (Lipinski definition) is 3. The van der Waals surface area contributed by atoms with Crippen LogP contribution in [0.2, 0.25) is 0 Å². The molecular weight excluding hydrogens is 238 g/mol. The summed E-state index contributed by atoms with van der Waals surface area (Å²) in [4.78, 5) is 4.25. The van der Waals surface area contributed by atoms with E-state index in [2.05, 4.69) is 18.8 Å². The average molecular weight is 255 g/mol. The quantitative estimate of drug-likeness (QED) is 0.816. The van der Waals surface area contributed by atoms with Gasteiger partial charge in [0, 0.05) is 16.7 Å². The van der Waals surface area contributed by atoms with Gasteiger partial charge in [0.15, 0.2) is 0 Å². The molecular formula is C16H17NO2. The normalized spacial score (nSPS) is 15.7. The second-order valence-corrected chi connectivity index (χ2v) is 5.54. The van der Waals surface area contributed by atoms with Gasteiger partial charge in [0.25, 0.3) is 0 Å². The van der Waals surface area contributed by atoms with Crippen molar-refractivity contribution in [1.82, 2.24) is 4.98 Å². The van der Waals surface area contributed by atoms with Crippen LogP contribution in [0.4, 0.5) is 0 Å². The Bertz CT molecular complexity index is 603. The van der Waals surface area contributed by atoms with E-state index in [0.717, 1.165) is 28.5 Å². The minimum absolute atomic E-state index is 0.0238. The van der Waals surface area contributed by atoms with Crippen LogP contribution in [0, 0.1) is 6.92 Å². The van der Waals surface area contributed by atoms with Gasteiger partial charge in [-0.15, -0.1) is 0 Å². The molecule has 0 amide bonds. The summed E-state index contributed by atoms with van der Waals surface area (Å²) < 4.78 is 11.7. The summed E-state index contributed by atoms with van der Waals surface area (Å²) in [5.74, 6) is 2.52. The predicted molar refractivity (Wildman–Crippen MR) is 74.0 cm³/mol. The fraction of sp³-hybridized carbons (Fsp3) is 0.312. The van der Waals surface area contributed by atoms with Crippen molar-refractivity contribution in [3.63, 3.8) is 0 Å². The van der Waals surface area contributed by atoms with Crippen molar-refractivity contribution in [3.05, 3.63) is 47.8 Å². The lowest BCUT2D eigenvalue weighted by Crippen LogP contribution is -2.18. The number of pyridine rings is 1. The minimum atomic E-state index is -0.0238. The van der Waals surface area contributed by atoms with E-state index in [1.54, 1.807) is 6.20 Å². The van der Waals surface area contributed by atoms with Crippen LogP contribution in [0.5, 0.6) is 17.2 Å². The van der Waals surface area contributed by atoms with Crippen LogP contribution in [0.15, 0.2) is 36.5 Å². The molecule has 3 heteroatoms. The van der Waals surface area contributed by atoms with Gasteiger partial charge in [-0.05, 0) is 31.2 Å². The summed E-state index contributed by atoms with van der Waals surface area (Å²) in [6.45, 7) is 6.98. The van der Waals surface area contributed by atoms with Gasteiger partial charge in [0.1, 0.15) is 17.2 Å². The predicted octanol–water partition coefficient (Wildman–Crippen LogP) is 3.85. The number of hydrogen-bond donors (Lipinski definition) is 0. The largest absolute Gasteiger partial charge is 0.492 e. The Hall–Kier alpha value is -2.03. The fourth-order valence-electron chi connectivity index (χ4n) is 2.36. The lowest BCUT2D eigenvalue weighted by atomic mass is 9.86. The maximum absolute atomic E-state index is 5.97. The molecule has 2 aromatic rings.